The first-order chi connectivity index (χ1) is 13.5. The monoisotopic (exact) mass is 380 g/mol. The Balaban J connectivity index is 1.82. The summed E-state index contributed by atoms with van der Waals surface area (Å²) in [5, 5.41) is 5.73. The fraction of sp³-hybridized carbons (Fsp3) is 0.286. The molecule has 0 radical (unpaired) electrons. The second-order valence-electron chi connectivity index (χ2n) is 6.68. The maximum atomic E-state index is 12.7. The highest BCUT2D eigenvalue weighted by atomic mass is 16.5. The van der Waals surface area contributed by atoms with Crippen LogP contribution >= 0.6 is 0 Å². The number of nitrogens with zero attached hydrogens (tertiary/aromatic N) is 2. The molecule has 1 aromatic heterocycles. The van der Waals surface area contributed by atoms with Crippen LogP contribution in [0.4, 0.5) is 5.69 Å². The zero-order valence-electron chi connectivity index (χ0n) is 16.3. The lowest BCUT2D eigenvalue weighted by molar-refractivity contribution is -0.124. The summed E-state index contributed by atoms with van der Waals surface area (Å²) in [5.74, 6) is 0.226. The molecule has 0 aliphatic rings. The minimum atomic E-state index is -0.235. The number of ether oxygens (including phenoxy) is 1. The van der Waals surface area contributed by atoms with E-state index < -0.39 is 0 Å². The fourth-order valence-corrected chi connectivity index (χ4v) is 3.00. The summed E-state index contributed by atoms with van der Waals surface area (Å²) in [6.07, 6.45) is 0. The zero-order chi connectivity index (χ0) is 20.1. The van der Waals surface area contributed by atoms with Crippen molar-refractivity contribution < 1.29 is 14.3 Å². The summed E-state index contributed by atoms with van der Waals surface area (Å²) in [7, 11) is 1.46. The lowest BCUT2D eigenvalue weighted by Gasteiger charge is -2.12. The number of hydrogen-bond donors (Lipinski definition) is 2. The Bertz CT molecular complexity index is 1010. The molecule has 0 spiro atoms. The predicted molar refractivity (Wildman–Crippen MR) is 108 cm³/mol. The summed E-state index contributed by atoms with van der Waals surface area (Å²) in [5.41, 5.74) is 4.49. The molecule has 2 N–H and O–H groups in total. The molecule has 28 heavy (non-hydrogen) atoms. The lowest BCUT2D eigenvalue weighted by Crippen LogP contribution is -2.29. The van der Waals surface area contributed by atoms with Crippen LogP contribution in [0.25, 0.3) is 11.0 Å². The van der Waals surface area contributed by atoms with Crippen LogP contribution in [-0.4, -0.2) is 35.1 Å². The summed E-state index contributed by atoms with van der Waals surface area (Å²) in [6.45, 7) is 4.24. The number of fused-ring (bicyclic) bond motifs is 1. The van der Waals surface area contributed by atoms with Gasteiger partial charge < -0.3 is 19.9 Å². The number of aromatic nitrogens is 2. The molecule has 7 nitrogen and oxygen atoms in total. The third-order valence-electron chi connectivity index (χ3n) is 4.42. The van der Waals surface area contributed by atoms with Crippen molar-refractivity contribution in [3.8, 4) is 0 Å². The Morgan fingerprint density at radius 2 is 1.89 bits per heavy atom. The van der Waals surface area contributed by atoms with E-state index in [0.717, 1.165) is 27.8 Å². The molecule has 0 bridgehead atoms. The van der Waals surface area contributed by atoms with E-state index in [-0.39, 0.29) is 31.5 Å². The largest absolute Gasteiger partial charge is 0.375 e. The van der Waals surface area contributed by atoms with Crippen molar-refractivity contribution in [1.29, 1.82) is 0 Å². The van der Waals surface area contributed by atoms with Gasteiger partial charge in [0.25, 0.3) is 0 Å². The number of aryl methyl sites for hydroxylation is 2. The van der Waals surface area contributed by atoms with Gasteiger partial charge >= 0.3 is 0 Å². The Morgan fingerprint density at radius 1 is 1.11 bits per heavy atom. The molecule has 7 heteroatoms. The summed E-state index contributed by atoms with van der Waals surface area (Å²) < 4.78 is 6.65. The summed E-state index contributed by atoms with van der Waals surface area (Å²) in [4.78, 5) is 29.0. The van der Waals surface area contributed by atoms with Gasteiger partial charge in [0.15, 0.2) is 0 Å². The predicted octanol–water partition coefficient (Wildman–Crippen LogP) is 2.55. The minimum absolute atomic E-state index is 0.0205. The Hall–Kier alpha value is -3.19. The molecule has 0 aliphatic carbocycles. The van der Waals surface area contributed by atoms with Crippen LogP contribution in [0.5, 0.6) is 0 Å². The number of rotatable bonds is 7. The normalized spacial score (nSPS) is 10.8. The molecule has 3 aromatic rings. The van der Waals surface area contributed by atoms with E-state index in [1.807, 2.05) is 60.9 Å². The second-order valence-corrected chi connectivity index (χ2v) is 6.68. The molecular formula is C21H24N4O3. The number of para-hydroxylation sites is 2. The molecule has 1 heterocycles. The standard InChI is InChI=1S/C21H24N4O3/c1-14-8-9-15(2)17(10-14)24-20(26)12-25-18-7-5-4-6-16(18)23-19(25)11-22-21(27)13-28-3/h4-10H,11-13H2,1-3H3,(H,22,27)(H,24,26). The van der Waals surface area contributed by atoms with Crippen LogP contribution in [0.3, 0.4) is 0 Å². The first-order valence-electron chi connectivity index (χ1n) is 9.05. The third-order valence-corrected chi connectivity index (χ3v) is 4.42. The van der Waals surface area contributed by atoms with Gasteiger partial charge in [0.1, 0.15) is 19.0 Å². The zero-order valence-corrected chi connectivity index (χ0v) is 16.3. The number of anilines is 1. The van der Waals surface area contributed by atoms with Crippen LogP contribution in [0.1, 0.15) is 17.0 Å². The maximum Gasteiger partial charge on any atom is 0.246 e. The molecule has 3 rings (SSSR count). The third kappa shape index (κ3) is 4.55. The SMILES string of the molecule is COCC(=O)NCc1nc2ccccc2n1CC(=O)Nc1cc(C)ccc1C. The van der Waals surface area contributed by atoms with Gasteiger partial charge in [0.05, 0.1) is 17.6 Å². The van der Waals surface area contributed by atoms with Gasteiger partial charge in [-0.3, -0.25) is 9.59 Å². The van der Waals surface area contributed by atoms with Crippen LogP contribution < -0.4 is 10.6 Å². The minimum Gasteiger partial charge on any atom is -0.375 e. The van der Waals surface area contributed by atoms with Gasteiger partial charge in [0.2, 0.25) is 11.8 Å². The highest BCUT2D eigenvalue weighted by molar-refractivity contribution is 5.92. The molecular weight excluding hydrogens is 356 g/mol. The highest BCUT2D eigenvalue weighted by Crippen LogP contribution is 2.19. The lowest BCUT2D eigenvalue weighted by atomic mass is 10.1. The second kappa shape index (κ2) is 8.67. The average Bonchev–Trinajstić information content (AvgIpc) is 3.01. The number of methoxy groups -OCH3 is 1. The van der Waals surface area contributed by atoms with E-state index in [0.29, 0.717) is 5.82 Å². The quantitative estimate of drug-likeness (QED) is 0.660. The van der Waals surface area contributed by atoms with Crippen molar-refractivity contribution in [2.45, 2.75) is 26.9 Å². The molecule has 146 valence electrons. The van der Waals surface area contributed by atoms with Gasteiger partial charge in [-0.1, -0.05) is 24.3 Å². The number of benzene rings is 2. The van der Waals surface area contributed by atoms with Crippen molar-refractivity contribution in [3.63, 3.8) is 0 Å². The molecule has 2 aromatic carbocycles. The van der Waals surface area contributed by atoms with Crippen LogP contribution in [0.15, 0.2) is 42.5 Å². The van der Waals surface area contributed by atoms with Crippen molar-refractivity contribution in [2.75, 3.05) is 19.0 Å². The molecule has 0 saturated heterocycles. The van der Waals surface area contributed by atoms with E-state index in [1.54, 1.807) is 0 Å². The Morgan fingerprint density at radius 3 is 2.68 bits per heavy atom. The number of hydrogen-bond acceptors (Lipinski definition) is 4. The number of nitrogens with one attached hydrogen (secondary N) is 2. The van der Waals surface area contributed by atoms with E-state index >= 15 is 0 Å². The number of imidazole rings is 1. The van der Waals surface area contributed by atoms with Gasteiger partial charge in [-0.25, -0.2) is 4.98 Å². The van der Waals surface area contributed by atoms with E-state index in [1.165, 1.54) is 7.11 Å². The fourth-order valence-electron chi connectivity index (χ4n) is 3.00. The van der Waals surface area contributed by atoms with Crippen molar-refractivity contribution >= 4 is 28.5 Å². The van der Waals surface area contributed by atoms with Gasteiger partial charge in [-0.15, -0.1) is 0 Å². The van der Waals surface area contributed by atoms with E-state index in [4.69, 9.17) is 4.74 Å². The smallest absolute Gasteiger partial charge is 0.246 e. The van der Waals surface area contributed by atoms with Gasteiger partial charge in [-0.05, 0) is 43.2 Å². The van der Waals surface area contributed by atoms with Gasteiger partial charge in [-0.2, -0.15) is 0 Å². The molecule has 0 unspecified atom stereocenters. The van der Waals surface area contributed by atoms with Crippen LogP contribution in [-0.2, 0) is 27.4 Å². The number of amides is 2. The molecule has 0 atom stereocenters. The van der Waals surface area contributed by atoms with Gasteiger partial charge in [0, 0.05) is 12.8 Å². The molecule has 0 aliphatic heterocycles. The molecule has 0 fully saturated rings. The van der Waals surface area contributed by atoms with Crippen LogP contribution in [0, 0.1) is 13.8 Å². The van der Waals surface area contributed by atoms with E-state index in [9.17, 15) is 9.59 Å². The highest BCUT2D eigenvalue weighted by Gasteiger charge is 2.15. The summed E-state index contributed by atoms with van der Waals surface area (Å²) >= 11 is 0. The Labute approximate surface area is 163 Å². The first kappa shape index (κ1) is 19.6. The molecule has 2 amide bonds. The van der Waals surface area contributed by atoms with E-state index in [2.05, 4.69) is 15.6 Å². The van der Waals surface area contributed by atoms with Crippen molar-refractivity contribution in [2.24, 2.45) is 0 Å². The number of carbonyl (C=O) groups is 2. The first-order valence-corrected chi connectivity index (χ1v) is 9.05. The molecule has 0 saturated carbocycles. The average molecular weight is 380 g/mol. The van der Waals surface area contributed by atoms with Crippen LogP contribution in [0.2, 0.25) is 0 Å². The maximum absolute atomic E-state index is 12.7. The van der Waals surface area contributed by atoms with Crippen molar-refractivity contribution in [1.82, 2.24) is 14.9 Å². The number of carbonyl (C=O) groups excluding carboxylic acids is 2. The topological polar surface area (TPSA) is 85.2 Å². The summed E-state index contributed by atoms with van der Waals surface area (Å²) in [6, 6.07) is 13.5. The van der Waals surface area contributed by atoms with Crippen molar-refractivity contribution in [3.05, 3.63) is 59.4 Å². The Kier molecular flexibility index (Phi) is 6.06.